The van der Waals surface area contributed by atoms with Gasteiger partial charge in [-0.3, -0.25) is 0 Å². The van der Waals surface area contributed by atoms with Gasteiger partial charge in [0.15, 0.2) is 0 Å². The Morgan fingerprint density at radius 2 is 1.45 bits per heavy atom. The molecule has 0 radical (unpaired) electrons. The molecule has 11 heavy (non-hydrogen) atoms. The van der Waals surface area contributed by atoms with Crippen molar-refractivity contribution in [3.63, 3.8) is 0 Å². The molecule has 0 amide bonds. The lowest BCUT2D eigenvalue weighted by molar-refractivity contribution is -0.0934. The van der Waals surface area contributed by atoms with Crippen molar-refractivity contribution < 1.29 is 4.74 Å². The van der Waals surface area contributed by atoms with Gasteiger partial charge in [0.25, 0.3) is 0 Å². The van der Waals surface area contributed by atoms with Crippen LogP contribution in [-0.4, -0.2) is 17.2 Å². The van der Waals surface area contributed by atoms with Gasteiger partial charge in [-0.15, -0.1) is 0 Å². The standard InChI is InChI=1S/C9H21NO/c1-7(2)11-9(5,6)8(3,4)10/h7H,10H2,1-6H3. The number of ether oxygens (including phenoxy) is 1. The van der Waals surface area contributed by atoms with Gasteiger partial charge in [0.05, 0.1) is 11.7 Å². The second-order valence-electron chi connectivity index (χ2n) is 4.40. The SMILES string of the molecule is CC(C)OC(C)(C)C(C)(C)N. The molecule has 0 atom stereocenters. The highest BCUT2D eigenvalue weighted by Crippen LogP contribution is 2.23. The van der Waals surface area contributed by atoms with Crippen LogP contribution < -0.4 is 5.73 Å². The monoisotopic (exact) mass is 159 g/mol. The van der Waals surface area contributed by atoms with Gasteiger partial charge in [-0.05, 0) is 41.5 Å². The Hall–Kier alpha value is -0.0800. The zero-order chi connectivity index (χ0) is 9.28. The van der Waals surface area contributed by atoms with Gasteiger partial charge in [0.1, 0.15) is 0 Å². The third-order valence-corrected chi connectivity index (χ3v) is 2.08. The minimum absolute atomic E-state index is 0.229. The number of rotatable bonds is 3. The van der Waals surface area contributed by atoms with Gasteiger partial charge in [0.2, 0.25) is 0 Å². The van der Waals surface area contributed by atoms with Gasteiger partial charge in [-0.1, -0.05) is 0 Å². The molecule has 0 aromatic carbocycles. The molecule has 0 rings (SSSR count). The molecule has 0 heterocycles. The van der Waals surface area contributed by atoms with Gasteiger partial charge < -0.3 is 10.5 Å². The summed E-state index contributed by atoms with van der Waals surface area (Å²) in [5.41, 5.74) is 5.38. The van der Waals surface area contributed by atoms with E-state index in [1.807, 2.05) is 41.5 Å². The molecule has 0 aliphatic carbocycles. The summed E-state index contributed by atoms with van der Waals surface area (Å²) >= 11 is 0. The zero-order valence-electron chi connectivity index (χ0n) is 8.56. The summed E-state index contributed by atoms with van der Waals surface area (Å²) in [6, 6.07) is 0. The largest absolute Gasteiger partial charge is 0.371 e. The third-order valence-electron chi connectivity index (χ3n) is 2.08. The van der Waals surface area contributed by atoms with Crippen LogP contribution in [0.15, 0.2) is 0 Å². The van der Waals surface area contributed by atoms with E-state index in [1.165, 1.54) is 0 Å². The molecule has 0 unspecified atom stereocenters. The van der Waals surface area contributed by atoms with Crippen molar-refractivity contribution in [2.75, 3.05) is 0 Å². The average Bonchev–Trinajstić information content (AvgIpc) is 1.56. The van der Waals surface area contributed by atoms with Gasteiger partial charge in [0, 0.05) is 5.54 Å². The molecule has 0 aliphatic heterocycles. The lowest BCUT2D eigenvalue weighted by atomic mass is 9.87. The maximum atomic E-state index is 5.94. The summed E-state index contributed by atoms with van der Waals surface area (Å²) in [6.07, 6.45) is 0.229. The number of nitrogens with two attached hydrogens (primary N) is 1. The molecule has 0 spiro atoms. The van der Waals surface area contributed by atoms with Crippen LogP contribution in [0.2, 0.25) is 0 Å². The van der Waals surface area contributed by atoms with Crippen molar-refractivity contribution in [1.29, 1.82) is 0 Å². The first-order valence-corrected chi connectivity index (χ1v) is 4.13. The van der Waals surface area contributed by atoms with Crippen molar-refractivity contribution in [2.45, 2.75) is 58.8 Å². The predicted octanol–water partition coefficient (Wildman–Crippen LogP) is 1.93. The van der Waals surface area contributed by atoms with E-state index in [-0.39, 0.29) is 17.2 Å². The van der Waals surface area contributed by atoms with Crippen molar-refractivity contribution in [3.05, 3.63) is 0 Å². The molecule has 2 N–H and O–H groups in total. The Kier molecular flexibility index (Phi) is 3.09. The predicted molar refractivity (Wildman–Crippen MR) is 48.6 cm³/mol. The first-order valence-electron chi connectivity index (χ1n) is 4.13. The maximum absolute atomic E-state index is 5.94. The molecule has 0 saturated carbocycles. The van der Waals surface area contributed by atoms with Crippen LogP contribution >= 0.6 is 0 Å². The smallest absolute Gasteiger partial charge is 0.0803 e. The molecule has 0 bridgehead atoms. The summed E-state index contributed by atoms with van der Waals surface area (Å²) in [5.74, 6) is 0. The van der Waals surface area contributed by atoms with Crippen LogP contribution in [-0.2, 0) is 4.74 Å². The number of hydrogen-bond donors (Lipinski definition) is 1. The second kappa shape index (κ2) is 3.11. The molecule has 0 aromatic heterocycles. The Labute approximate surface area is 70.1 Å². The summed E-state index contributed by atoms with van der Waals surface area (Å²) < 4.78 is 5.68. The molecule has 0 saturated heterocycles. The van der Waals surface area contributed by atoms with Crippen LogP contribution in [0, 0.1) is 0 Å². The summed E-state index contributed by atoms with van der Waals surface area (Å²) in [6.45, 7) is 12.0. The molecule has 68 valence electrons. The molecule has 2 heteroatoms. The van der Waals surface area contributed by atoms with Gasteiger partial charge >= 0.3 is 0 Å². The highest BCUT2D eigenvalue weighted by molar-refractivity contribution is 4.92. The van der Waals surface area contributed by atoms with Crippen LogP contribution in [0.1, 0.15) is 41.5 Å². The molecule has 0 aliphatic rings. The van der Waals surface area contributed by atoms with E-state index in [0.717, 1.165) is 0 Å². The van der Waals surface area contributed by atoms with Crippen molar-refractivity contribution in [3.8, 4) is 0 Å². The minimum atomic E-state index is -0.294. The van der Waals surface area contributed by atoms with Gasteiger partial charge in [-0.25, -0.2) is 0 Å². The average molecular weight is 159 g/mol. The normalized spacial score (nSPS) is 14.2. The fourth-order valence-corrected chi connectivity index (χ4v) is 0.741. The first kappa shape index (κ1) is 10.9. The van der Waals surface area contributed by atoms with Crippen LogP contribution in [0.3, 0.4) is 0 Å². The van der Waals surface area contributed by atoms with Crippen LogP contribution in [0.4, 0.5) is 0 Å². The quantitative estimate of drug-likeness (QED) is 0.683. The topological polar surface area (TPSA) is 35.2 Å². The van der Waals surface area contributed by atoms with E-state index in [9.17, 15) is 0 Å². The second-order valence-corrected chi connectivity index (χ2v) is 4.40. The maximum Gasteiger partial charge on any atom is 0.0803 e. The van der Waals surface area contributed by atoms with Crippen molar-refractivity contribution in [1.82, 2.24) is 0 Å². The molecular weight excluding hydrogens is 138 g/mol. The first-order chi connectivity index (χ1) is 4.67. The van der Waals surface area contributed by atoms with Crippen LogP contribution in [0.5, 0.6) is 0 Å². The van der Waals surface area contributed by atoms with Gasteiger partial charge in [-0.2, -0.15) is 0 Å². The number of hydrogen-bond acceptors (Lipinski definition) is 2. The van der Waals surface area contributed by atoms with E-state index in [2.05, 4.69) is 0 Å². The van der Waals surface area contributed by atoms with E-state index in [1.54, 1.807) is 0 Å². The van der Waals surface area contributed by atoms with Crippen molar-refractivity contribution in [2.24, 2.45) is 5.73 Å². The molecular formula is C9H21NO. The van der Waals surface area contributed by atoms with Crippen molar-refractivity contribution >= 4 is 0 Å². The molecule has 0 aromatic rings. The Morgan fingerprint density at radius 3 is 1.55 bits per heavy atom. The highest BCUT2D eigenvalue weighted by atomic mass is 16.5. The lowest BCUT2D eigenvalue weighted by Crippen LogP contribution is -2.55. The van der Waals surface area contributed by atoms with Crippen LogP contribution in [0.25, 0.3) is 0 Å². The third kappa shape index (κ3) is 3.21. The zero-order valence-corrected chi connectivity index (χ0v) is 8.56. The summed E-state index contributed by atoms with van der Waals surface area (Å²) in [5, 5.41) is 0. The lowest BCUT2D eigenvalue weighted by Gasteiger charge is -2.39. The van der Waals surface area contributed by atoms with E-state index in [4.69, 9.17) is 10.5 Å². The fourth-order valence-electron chi connectivity index (χ4n) is 0.741. The van der Waals surface area contributed by atoms with E-state index < -0.39 is 0 Å². The van der Waals surface area contributed by atoms with E-state index >= 15 is 0 Å². The summed E-state index contributed by atoms with van der Waals surface area (Å²) in [7, 11) is 0. The van der Waals surface area contributed by atoms with E-state index in [0.29, 0.717) is 0 Å². The molecule has 0 fully saturated rings. The Balaban J connectivity index is 4.22. The fraction of sp³-hybridized carbons (Fsp3) is 1.00. The summed E-state index contributed by atoms with van der Waals surface area (Å²) in [4.78, 5) is 0. The highest BCUT2D eigenvalue weighted by Gasteiger charge is 2.34. The Morgan fingerprint density at radius 1 is 1.09 bits per heavy atom. The minimum Gasteiger partial charge on any atom is -0.371 e. The Bertz CT molecular complexity index is 122. The molecule has 2 nitrogen and oxygen atoms in total.